The first-order valence-corrected chi connectivity index (χ1v) is 14.9. The largest absolute Gasteiger partial charge is 0.495 e. The van der Waals surface area contributed by atoms with Crippen molar-refractivity contribution in [2.24, 2.45) is 4.99 Å². The van der Waals surface area contributed by atoms with Crippen molar-refractivity contribution in [3.05, 3.63) is 101 Å². The van der Waals surface area contributed by atoms with E-state index in [1.165, 1.54) is 0 Å². The highest BCUT2D eigenvalue weighted by Crippen LogP contribution is 2.46. The van der Waals surface area contributed by atoms with Crippen molar-refractivity contribution < 1.29 is 19.1 Å². The minimum Gasteiger partial charge on any atom is -0.495 e. The molecule has 2 aliphatic carbocycles. The summed E-state index contributed by atoms with van der Waals surface area (Å²) >= 11 is 0. The van der Waals surface area contributed by atoms with Crippen LogP contribution in [-0.2, 0) is 0 Å². The number of fused-ring (bicyclic) bond motifs is 5. The number of carbonyl (C=O) groups is 2. The molecule has 1 N–H and O–H groups in total. The van der Waals surface area contributed by atoms with Gasteiger partial charge in [-0.15, -0.1) is 0 Å². The Morgan fingerprint density at radius 3 is 2.47 bits per heavy atom. The fourth-order valence-corrected chi connectivity index (χ4v) is 6.43. The van der Waals surface area contributed by atoms with E-state index < -0.39 is 0 Å². The van der Waals surface area contributed by atoms with Crippen LogP contribution in [0.2, 0.25) is 0 Å². The second-order valence-corrected chi connectivity index (χ2v) is 11.3. The number of para-hydroxylation sites is 2. The predicted octanol–water partition coefficient (Wildman–Crippen LogP) is 5.44. The standard InChI is InChI=1S/C35H34N4O4/c1-22-9-7-14-28-32(22)37-33-29(43-28)21-25(30-31(33)35(41)24-11-4-3-10-23(24)34(30)40)36-15-8-16-38-17-19-39(20-18-38)26-12-5-6-13-27(26)42-2/h3-7,9-14,21,28,36H,8,15-20H2,1-2H3. The first-order valence-electron chi connectivity index (χ1n) is 14.9. The zero-order valence-electron chi connectivity index (χ0n) is 24.4. The number of benzene rings is 3. The maximum absolute atomic E-state index is 13.9. The first-order chi connectivity index (χ1) is 21.0. The van der Waals surface area contributed by atoms with Crippen molar-refractivity contribution in [1.29, 1.82) is 0 Å². The molecule has 1 atom stereocenters. The molecule has 3 aromatic rings. The Bertz CT molecular complexity index is 1710. The smallest absolute Gasteiger partial charge is 0.196 e. The Hall–Kier alpha value is -4.69. The Morgan fingerprint density at radius 1 is 0.977 bits per heavy atom. The van der Waals surface area contributed by atoms with Crippen molar-refractivity contribution in [2.75, 3.05) is 56.6 Å². The third kappa shape index (κ3) is 4.81. The highest BCUT2D eigenvalue weighted by molar-refractivity contribution is 6.32. The molecule has 8 nitrogen and oxygen atoms in total. The van der Waals surface area contributed by atoms with E-state index in [9.17, 15) is 9.59 Å². The van der Waals surface area contributed by atoms with Crippen LogP contribution in [0.1, 0.15) is 45.2 Å². The molecule has 1 unspecified atom stereocenters. The summed E-state index contributed by atoms with van der Waals surface area (Å²) in [7, 11) is 1.71. The number of ketones is 2. The molecule has 218 valence electrons. The van der Waals surface area contributed by atoms with Crippen LogP contribution in [-0.4, -0.2) is 74.7 Å². The second-order valence-electron chi connectivity index (χ2n) is 11.3. The fraction of sp³-hybridized carbons (Fsp3) is 0.286. The first kappa shape index (κ1) is 27.2. The molecule has 4 aliphatic rings. The van der Waals surface area contributed by atoms with Gasteiger partial charge in [0.25, 0.3) is 0 Å². The molecule has 0 amide bonds. The van der Waals surface area contributed by atoms with E-state index in [2.05, 4.69) is 21.2 Å². The summed E-state index contributed by atoms with van der Waals surface area (Å²) in [4.78, 5) is 37.5. The fourth-order valence-electron chi connectivity index (χ4n) is 6.43. The highest BCUT2D eigenvalue weighted by atomic mass is 16.5. The van der Waals surface area contributed by atoms with E-state index in [-0.39, 0.29) is 17.7 Å². The molecular formula is C35H34N4O4. The SMILES string of the molecule is COc1ccccc1N1CCN(CCCNc2cc3c(c4c2C(=O)c2ccccc2C4=O)N=C2C(C)=CC=CC2O3)CC1. The molecule has 8 heteroatoms. The Balaban J connectivity index is 1.09. The molecule has 43 heavy (non-hydrogen) atoms. The van der Waals surface area contributed by atoms with Crippen LogP contribution >= 0.6 is 0 Å². The summed E-state index contributed by atoms with van der Waals surface area (Å²) in [5, 5.41) is 3.49. The van der Waals surface area contributed by atoms with Crippen LogP contribution in [0.25, 0.3) is 0 Å². The lowest BCUT2D eigenvalue weighted by molar-refractivity contribution is 0.0979. The van der Waals surface area contributed by atoms with E-state index in [1.807, 2.05) is 49.4 Å². The van der Waals surface area contributed by atoms with Crippen LogP contribution in [0.4, 0.5) is 17.1 Å². The van der Waals surface area contributed by atoms with Crippen molar-refractivity contribution in [3.63, 3.8) is 0 Å². The zero-order valence-corrected chi connectivity index (χ0v) is 24.4. The number of hydrogen-bond donors (Lipinski definition) is 1. The number of carbonyl (C=O) groups excluding carboxylic acids is 2. The molecule has 0 radical (unpaired) electrons. The van der Waals surface area contributed by atoms with Gasteiger partial charge in [-0.2, -0.15) is 0 Å². The third-order valence-electron chi connectivity index (χ3n) is 8.69. The molecule has 2 aliphatic heterocycles. The number of allylic oxidation sites excluding steroid dienone is 2. The quantitative estimate of drug-likeness (QED) is 0.294. The molecule has 0 aromatic heterocycles. The van der Waals surface area contributed by atoms with Gasteiger partial charge in [0.1, 0.15) is 17.2 Å². The predicted molar refractivity (Wildman–Crippen MR) is 169 cm³/mol. The summed E-state index contributed by atoms with van der Waals surface area (Å²) in [5.41, 5.74) is 5.48. The van der Waals surface area contributed by atoms with Gasteiger partial charge in [-0.3, -0.25) is 14.5 Å². The molecule has 0 saturated carbocycles. The van der Waals surface area contributed by atoms with Gasteiger partial charge in [-0.05, 0) is 43.7 Å². The monoisotopic (exact) mass is 574 g/mol. The molecule has 1 fully saturated rings. The minimum absolute atomic E-state index is 0.166. The Morgan fingerprint density at radius 2 is 1.70 bits per heavy atom. The topological polar surface area (TPSA) is 83.5 Å². The summed E-state index contributed by atoms with van der Waals surface area (Å²) in [5.74, 6) is 1.06. The number of nitrogens with zero attached hydrogens (tertiary/aromatic N) is 3. The molecule has 2 heterocycles. The summed E-state index contributed by atoms with van der Waals surface area (Å²) in [6.07, 6.45) is 6.46. The van der Waals surface area contributed by atoms with Crippen LogP contribution < -0.4 is 19.7 Å². The number of piperazine rings is 1. The number of hydrogen-bond acceptors (Lipinski definition) is 8. The second kappa shape index (κ2) is 11.2. The lowest BCUT2D eigenvalue weighted by Gasteiger charge is -2.36. The van der Waals surface area contributed by atoms with E-state index in [1.54, 1.807) is 31.4 Å². The van der Waals surface area contributed by atoms with Crippen molar-refractivity contribution in [1.82, 2.24) is 4.90 Å². The summed E-state index contributed by atoms with van der Waals surface area (Å²) < 4.78 is 11.9. The maximum atomic E-state index is 13.9. The van der Waals surface area contributed by atoms with Gasteiger partial charge in [0.2, 0.25) is 0 Å². The third-order valence-corrected chi connectivity index (χ3v) is 8.69. The molecule has 0 bridgehead atoms. The normalized spacial score (nSPS) is 18.9. The molecule has 1 saturated heterocycles. The van der Waals surface area contributed by atoms with Crippen LogP contribution in [0.5, 0.6) is 11.5 Å². The van der Waals surface area contributed by atoms with Gasteiger partial charge in [0.15, 0.2) is 17.7 Å². The Labute approximate surface area is 251 Å². The Kier molecular flexibility index (Phi) is 7.07. The minimum atomic E-state index is -0.320. The lowest BCUT2D eigenvalue weighted by Crippen LogP contribution is -2.47. The van der Waals surface area contributed by atoms with Gasteiger partial charge in [0.05, 0.1) is 29.6 Å². The van der Waals surface area contributed by atoms with Crippen LogP contribution in [0, 0.1) is 0 Å². The molecular weight excluding hydrogens is 540 g/mol. The number of aliphatic imine (C=N–C) groups is 1. The van der Waals surface area contributed by atoms with Crippen molar-refractivity contribution in [2.45, 2.75) is 19.4 Å². The van der Waals surface area contributed by atoms with Crippen molar-refractivity contribution in [3.8, 4) is 11.5 Å². The van der Waals surface area contributed by atoms with Crippen LogP contribution in [0.3, 0.4) is 0 Å². The van der Waals surface area contributed by atoms with Gasteiger partial charge >= 0.3 is 0 Å². The van der Waals surface area contributed by atoms with E-state index >= 15 is 0 Å². The molecule has 3 aromatic carbocycles. The summed E-state index contributed by atoms with van der Waals surface area (Å²) in [6.45, 7) is 7.37. The number of nitrogens with one attached hydrogen (secondary N) is 1. The highest BCUT2D eigenvalue weighted by Gasteiger charge is 2.38. The number of methoxy groups -OCH3 is 1. The number of anilines is 2. The van der Waals surface area contributed by atoms with Gasteiger partial charge in [-0.25, -0.2) is 4.99 Å². The summed E-state index contributed by atoms with van der Waals surface area (Å²) in [6, 6.07) is 17.0. The average Bonchev–Trinajstić information content (AvgIpc) is 3.05. The number of rotatable bonds is 7. The molecule has 0 spiro atoms. The molecule has 7 rings (SSSR count). The van der Waals surface area contributed by atoms with Crippen molar-refractivity contribution >= 4 is 34.3 Å². The number of ether oxygens (including phenoxy) is 2. The maximum Gasteiger partial charge on any atom is 0.196 e. The van der Waals surface area contributed by atoms with Gasteiger partial charge < -0.3 is 19.7 Å². The lowest BCUT2D eigenvalue weighted by atomic mass is 9.81. The van der Waals surface area contributed by atoms with Gasteiger partial charge in [-0.1, -0.05) is 48.6 Å². The van der Waals surface area contributed by atoms with E-state index in [4.69, 9.17) is 14.5 Å². The van der Waals surface area contributed by atoms with E-state index in [0.717, 1.165) is 61.9 Å². The van der Waals surface area contributed by atoms with Gasteiger partial charge in [0, 0.05) is 55.6 Å². The average molecular weight is 575 g/mol. The van der Waals surface area contributed by atoms with Crippen LogP contribution in [0.15, 0.2) is 83.4 Å². The zero-order chi connectivity index (χ0) is 29.5. The van der Waals surface area contributed by atoms with E-state index in [0.29, 0.717) is 45.9 Å².